The minimum Gasteiger partial charge on any atom is -0.497 e. The Labute approximate surface area is 181 Å². The first-order chi connectivity index (χ1) is 14.8. The van der Waals surface area contributed by atoms with Crippen molar-refractivity contribution < 1.29 is 19.1 Å². The van der Waals surface area contributed by atoms with Gasteiger partial charge in [-0.2, -0.15) is 0 Å². The minimum absolute atomic E-state index is 0.112. The van der Waals surface area contributed by atoms with Gasteiger partial charge in [0.25, 0.3) is 0 Å². The molecular formula is C25H24N2O4. The van der Waals surface area contributed by atoms with E-state index < -0.39 is 17.9 Å². The van der Waals surface area contributed by atoms with Crippen molar-refractivity contribution in [3.05, 3.63) is 59.2 Å². The van der Waals surface area contributed by atoms with Crippen LogP contribution in [0, 0.1) is 25.7 Å². The maximum absolute atomic E-state index is 13.7. The number of para-hydroxylation sites is 1. The molecule has 2 amide bonds. The highest BCUT2D eigenvalue weighted by molar-refractivity contribution is 6.25. The molecule has 2 fully saturated rings. The van der Waals surface area contributed by atoms with Crippen molar-refractivity contribution in [3.8, 4) is 5.75 Å². The van der Waals surface area contributed by atoms with Crippen LogP contribution in [-0.2, 0) is 14.4 Å². The Balaban J connectivity index is 1.63. The fourth-order valence-electron chi connectivity index (χ4n) is 5.52. The largest absolute Gasteiger partial charge is 0.497 e. The molecule has 0 spiro atoms. The van der Waals surface area contributed by atoms with Gasteiger partial charge in [-0.3, -0.25) is 14.4 Å². The lowest BCUT2D eigenvalue weighted by molar-refractivity contribution is -0.126. The van der Waals surface area contributed by atoms with Gasteiger partial charge in [-0.1, -0.05) is 30.4 Å². The Kier molecular flexibility index (Phi) is 4.29. The number of methoxy groups -OCH3 is 1. The summed E-state index contributed by atoms with van der Waals surface area (Å²) in [5.74, 6) is -1.20. The molecule has 3 aliphatic heterocycles. The van der Waals surface area contributed by atoms with Crippen molar-refractivity contribution in [2.75, 3.05) is 16.9 Å². The zero-order valence-electron chi connectivity index (χ0n) is 18.0. The molecule has 3 aliphatic rings. The third-order valence-corrected chi connectivity index (χ3v) is 6.79. The summed E-state index contributed by atoms with van der Waals surface area (Å²) in [6.07, 6.45) is 3.90. The van der Waals surface area contributed by atoms with Crippen LogP contribution < -0.4 is 14.5 Å². The molecule has 31 heavy (non-hydrogen) atoms. The zero-order valence-corrected chi connectivity index (χ0v) is 18.0. The molecule has 0 aromatic heterocycles. The van der Waals surface area contributed by atoms with E-state index in [1.807, 2.05) is 67.3 Å². The van der Waals surface area contributed by atoms with E-state index in [1.165, 1.54) is 11.8 Å². The molecule has 0 saturated carbocycles. The van der Waals surface area contributed by atoms with Crippen molar-refractivity contribution >= 4 is 35.0 Å². The fourth-order valence-corrected chi connectivity index (χ4v) is 5.52. The molecule has 6 nitrogen and oxygen atoms in total. The fraction of sp³-hybridized carbons (Fsp3) is 0.320. The van der Waals surface area contributed by atoms with Crippen LogP contribution in [0.5, 0.6) is 5.75 Å². The highest BCUT2D eigenvalue weighted by Gasteiger charge is 2.63. The maximum atomic E-state index is 13.7. The number of anilines is 2. The Morgan fingerprint density at radius 1 is 1.00 bits per heavy atom. The van der Waals surface area contributed by atoms with E-state index in [9.17, 15) is 14.4 Å². The van der Waals surface area contributed by atoms with Gasteiger partial charge in [-0.25, -0.2) is 4.90 Å². The molecule has 0 bridgehead atoms. The SMILES string of the molecule is COc1ccc2c(c1)C=C[C@@H]1[C@@H]3C(=O)N(c4c(C)cccc4C)C(=O)[C@H]3[C@H](C(C)=O)N21. The van der Waals surface area contributed by atoms with Gasteiger partial charge in [-0.15, -0.1) is 0 Å². The summed E-state index contributed by atoms with van der Waals surface area (Å²) in [6, 6.07) is 10.3. The summed E-state index contributed by atoms with van der Waals surface area (Å²) < 4.78 is 5.33. The molecule has 6 heteroatoms. The topological polar surface area (TPSA) is 66.9 Å². The van der Waals surface area contributed by atoms with Crippen molar-refractivity contribution in [3.63, 3.8) is 0 Å². The first-order valence-electron chi connectivity index (χ1n) is 10.4. The van der Waals surface area contributed by atoms with Crippen LogP contribution in [0.1, 0.15) is 23.6 Å². The Bertz CT molecular complexity index is 1150. The number of benzene rings is 2. The molecule has 3 heterocycles. The Hall–Kier alpha value is -3.41. The van der Waals surface area contributed by atoms with Crippen LogP contribution in [0.2, 0.25) is 0 Å². The van der Waals surface area contributed by atoms with E-state index in [-0.39, 0.29) is 23.6 Å². The molecule has 0 aliphatic carbocycles. The van der Waals surface area contributed by atoms with Crippen molar-refractivity contribution in [2.45, 2.75) is 32.9 Å². The minimum atomic E-state index is -0.702. The number of hydrogen-bond donors (Lipinski definition) is 0. The molecule has 4 atom stereocenters. The highest BCUT2D eigenvalue weighted by Crippen LogP contribution is 2.50. The number of carbonyl (C=O) groups is 3. The lowest BCUT2D eigenvalue weighted by atomic mass is 9.88. The van der Waals surface area contributed by atoms with Crippen LogP contribution in [0.4, 0.5) is 11.4 Å². The lowest BCUT2D eigenvalue weighted by Crippen LogP contribution is -2.48. The van der Waals surface area contributed by atoms with Crippen LogP contribution in [-0.4, -0.2) is 36.8 Å². The molecule has 158 valence electrons. The molecule has 0 unspecified atom stereocenters. The quantitative estimate of drug-likeness (QED) is 0.719. The number of nitrogens with zero attached hydrogens (tertiary/aromatic N) is 2. The van der Waals surface area contributed by atoms with E-state index in [1.54, 1.807) is 7.11 Å². The highest BCUT2D eigenvalue weighted by atomic mass is 16.5. The monoisotopic (exact) mass is 416 g/mol. The average molecular weight is 416 g/mol. The summed E-state index contributed by atoms with van der Waals surface area (Å²) in [6.45, 7) is 5.30. The first kappa shape index (κ1) is 19.5. The molecule has 2 saturated heterocycles. The van der Waals surface area contributed by atoms with Gasteiger partial charge >= 0.3 is 0 Å². The van der Waals surface area contributed by atoms with Gasteiger partial charge in [0.15, 0.2) is 5.78 Å². The zero-order chi connectivity index (χ0) is 22.0. The van der Waals surface area contributed by atoms with Gasteiger partial charge in [0.1, 0.15) is 11.8 Å². The number of rotatable bonds is 3. The molecule has 2 aromatic carbocycles. The molecule has 0 radical (unpaired) electrons. The molecule has 0 N–H and O–H groups in total. The molecular weight excluding hydrogens is 392 g/mol. The standard InChI is InChI=1S/C25H24N2O4/c1-13-6-5-7-14(2)22(13)27-24(29)20-19-10-8-16-12-17(31-4)9-11-18(16)26(19)23(15(3)28)21(20)25(27)30/h5-12,19-21,23H,1-4H3/t19-,20+,21-,23+/m1/s1. The summed E-state index contributed by atoms with van der Waals surface area (Å²) in [5.41, 5.74) is 4.14. The molecule has 2 aromatic rings. The third-order valence-electron chi connectivity index (χ3n) is 6.79. The van der Waals surface area contributed by atoms with Crippen molar-refractivity contribution in [2.24, 2.45) is 11.8 Å². The number of imide groups is 1. The number of fused-ring (bicyclic) bond motifs is 5. The van der Waals surface area contributed by atoms with E-state index in [0.717, 1.165) is 22.4 Å². The number of hydrogen-bond acceptors (Lipinski definition) is 5. The number of amides is 2. The van der Waals surface area contributed by atoms with Gasteiger partial charge in [0.2, 0.25) is 11.8 Å². The summed E-state index contributed by atoms with van der Waals surface area (Å²) in [7, 11) is 1.61. The van der Waals surface area contributed by atoms with Crippen LogP contribution in [0.25, 0.3) is 6.08 Å². The normalized spacial score (nSPS) is 26.1. The number of ketones is 1. The van der Waals surface area contributed by atoms with E-state index >= 15 is 0 Å². The van der Waals surface area contributed by atoms with E-state index in [0.29, 0.717) is 11.4 Å². The van der Waals surface area contributed by atoms with Crippen LogP contribution in [0.3, 0.4) is 0 Å². The summed E-state index contributed by atoms with van der Waals surface area (Å²) in [5, 5.41) is 0. The Morgan fingerprint density at radius 3 is 2.32 bits per heavy atom. The Morgan fingerprint density at radius 2 is 1.68 bits per heavy atom. The molecule has 5 rings (SSSR count). The lowest BCUT2D eigenvalue weighted by Gasteiger charge is -2.36. The second kappa shape index (κ2) is 6.80. The predicted molar refractivity (Wildman–Crippen MR) is 118 cm³/mol. The van der Waals surface area contributed by atoms with Crippen LogP contribution >= 0.6 is 0 Å². The number of aryl methyl sites for hydroxylation is 2. The maximum Gasteiger partial charge on any atom is 0.240 e. The van der Waals surface area contributed by atoms with Gasteiger partial charge < -0.3 is 9.64 Å². The van der Waals surface area contributed by atoms with Gasteiger partial charge in [-0.05, 0) is 50.1 Å². The second-order valence-electron chi connectivity index (χ2n) is 8.54. The smallest absolute Gasteiger partial charge is 0.240 e. The van der Waals surface area contributed by atoms with Crippen molar-refractivity contribution in [1.82, 2.24) is 0 Å². The first-order valence-corrected chi connectivity index (χ1v) is 10.4. The van der Waals surface area contributed by atoms with Gasteiger partial charge in [0, 0.05) is 11.3 Å². The summed E-state index contributed by atoms with van der Waals surface area (Å²) in [4.78, 5) is 43.4. The van der Waals surface area contributed by atoms with E-state index in [4.69, 9.17) is 4.74 Å². The van der Waals surface area contributed by atoms with Crippen LogP contribution in [0.15, 0.2) is 42.5 Å². The third kappa shape index (κ3) is 2.60. The number of ether oxygens (including phenoxy) is 1. The summed E-state index contributed by atoms with van der Waals surface area (Å²) >= 11 is 0. The van der Waals surface area contributed by atoms with Crippen molar-refractivity contribution in [1.29, 1.82) is 0 Å². The number of Topliss-reactive ketones (excluding diaryl/α,β-unsaturated/α-hetero) is 1. The van der Waals surface area contributed by atoms with E-state index in [2.05, 4.69) is 0 Å². The predicted octanol–water partition coefficient (Wildman–Crippen LogP) is 3.29. The average Bonchev–Trinajstić information content (AvgIpc) is 3.22. The number of carbonyl (C=O) groups excluding carboxylic acids is 3. The van der Waals surface area contributed by atoms with Gasteiger partial charge in [0.05, 0.1) is 30.7 Å². The second-order valence-corrected chi connectivity index (χ2v) is 8.54.